The highest BCUT2D eigenvalue weighted by atomic mass is 35.5. The SMILES string of the molecule is CCN(C(=O)c1cc(S(C)(=O)=O)ccc1Cl)C(C)c1cccc(C(F)(F)F)c1. The number of carbonyl (C=O) groups excluding carboxylic acids is 1. The molecule has 9 heteroatoms. The van der Waals surface area contributed by atoms with Crippen molar-refractivity contribution in [3.05, 3.63) is 64.2 Å². The van der Waals surface area contributed by atoms with Crippen molar-refractivity contribution in [2.24, 2.45) is 0 Å². The molecule has 1 unspecified atom stereocenters. The number of hydrogen-bond donors (Lipinski definition) is 0. The molecule has 0 heterocycles. The minimum Gasteiger partial charge on any atom is -0.332 e. The first-order valence-corrected chi connectivity index (χ1v) is 10.6. The zero-order valence-electron chi connectivity index (χ0n) is 15.4. The zero-order valence-corrected chi connectivity index (χ0v) is 17.0. The number of carbonyl (C=O) groups is 1. The van der Waals surface area contributed by atoms with E-state index < -0.39 is 33.5 Å². The molecule has 0 bridgehead atoms. The van der Waals surface area contributed by atoms with Crippen LogP contribution in [0.4, 0.5) is 13.2 Å². The second kappa shape index (κ2) is 8.13. The lowest BCUT2D eigenvalue weighted by molar-refractivity contribution is -0.137. The Bertz CT molecular complexity index is 990. The molecular formula is C19H19ClF3NO3S. The van der Waals surface area contributed by atoms with Crippen LogP contribution in [0, 0.1) is 0 Å². The van der Waals surface area contributed by atoms with E-state index in [0.717, 1.165) is 18.4 Å². The smallest absolute Gasteiger partial charge is 0.332 e. The van der Waals surface area contributed by atoms with E-state index in [9.17, 15) is 26.4 Å². The number of hydrogen-bond acceptors (Lipinski definition) is 3. The fourth-order valence-electron chi connectivity index (χ4n) is 2.80. The van der Waals surface area contributed by atoms with Crippen LogP contribution in [0.15, 0.2) is 47.4 Å². The van der Waals surface area contributed by atoms with E-state index >= 15 is 0 Å². The molecule has 0 saturated heterocycles. The van der Waals surface area contributed by atoms with Gasteiger partial charge in [0.15, 0.2) is 9.84 Å². The molecule has 0 N–H and O–H groups in total. The van der Waals surface area contributed by atoms with Gasteiger partial charge in [-0.25, -0.2) is 8.42 Å². The average molecular weight is 434 g/mol. The van der Waals surface area contributed by atoms with E-state index in [-0.39, 0.29) is 22.0 Å². The lowest BCUT2D eigenvalue weighted by Gasteiger charge is -2.29. The Morgan fingerprint density at radius 1 is 1.18 bits per heavy atom. The molecule has 0 aliphatic carbocycles. The molecule has 4 nitrogen and oxygen atoms in total. The molecule has 2 aromatic carbocycles. The summed E-state index contributed by atoms with van der Waals surface area (Å²) in [5.74, 6) is -0.567. The molecule has 0 aliphatic heterocycles. The van der Waals surface area contributed by atoms with Gasteiger partial charge in [-0.1, -0.05) is 23.7 Å². The monoisotopic (exact) mass is 433 g/mol. The summed E-state index contributed by atoms with van der Waals surface area (Å²) in [6, 6.07) is 7.85. The van der Waals surface area contributed by atoms with Crippen molar-refractivity contribution in [3.63, 3.8) is 0 Å². The van der Waals surface area contributed by atoms with Gasteiger partial charge in [-0.15, -0.1) is 0 Å². The summed E-state index contributed by atoms with van der Waals surface area (Å²) in [5.41, 5.74) is -0.525. The number of benzene rings is 2. The molecular weight excluding hydrogens is 415 g/mol. The predicted octanol–water partition coefficient (Wildman–Crippen LogP) is 4.99. The second-order valence-electron chi connectivity index (χ2n) is 6.30. The molecule has 0 radical (unpaired) electrons. The van der Waals surface area contributed by atoms with Crippen LogP contribution in [0.2, 0.25) is 5.02 Å². The van der Waals surface area contributed by atoms with Gasteiger partial charge in [-0.3, -0.25) is 4.79 Å². The average Bonchev–Trinajstić information content (AvgIpc) is 2.60. The molecule has 0 fully saturated rings. The lowest BCUT2D eigenvalue weighted by atomic mass is 10.0. The summed E-state index contributed by atoms with van der Waals surface area (Å²) in [4.78, 5) is 14.3. The third-order valence-electron chi connectivity index (χ3n) is 4.36. The van der Waals surface area contributed by atoms with Gasteiger partial charge < -0.3 is 4.90 Å². The Kier molecular flexibility index (Phi) is 6.45. The van der Waals surface area contributed by atoms with Gasteiger partial charge in [-0.05, 0) is 49.7 Å². The molecule has 0 spiro atoms. The van der Waals surface area contributed by atoms with Crippen molar-refractivity contribution in [2.75, 3.05) is 12.8 Å². The summed E-state index contributed by atoms with van der Waals surface area (Å²) < 4.78 is 62.5. The number of halogens is 4. The molecule has 1 amide bonds. The van der Waals surface area contributed by atoms with Crippen molar-refractivity contribution in [1.29, 1.82) is 0 Å². The fourth-order valence-corrected chi connectivity index (χ4v) is 3.65. The summed E-state index contributed by atoms with van der Waals surface area (Å²) in [6.07, 6.45) is -3.49. The van der Waals surface area contributed by atoms with Crippen LogP contribution >= 0.6 is 11.6 Å². The van der Waals surface area contributed by atoms with Crippen molar-refractivity contribution in [3.8, 4) is 0 Å². The van der Waals surface area contributed by atoms with Crippen LogP contribution < -0.4 is 0 Å². The minimum atomic E-state index is -4.50. The predicted molar refractivity (Wildman–Crippen MR) is 101 cm³/mol. The quantitative estimate of drug-likeness (QED) is 0.667. The highest BCUT2D eigenvalue weighted by Gasteiger charge is 2.32. The Labute approximate surface area is 166 Å². The Balaban J connectivity index is 2.44. The third-order valence-corrected chi connectivity index (χ3v) is 5.80. The van der Waals surface area contributed by atoms with E-state index in [4.69, 9.17) is 11.6 Å². The van der Waals surface area contributed by atoms with E-state index in [0.29, 0.717) is 5.56 Å². The summed E-state index contributed by atoms with van der Waals surface area (Å²) in [7, 11) is -3.56. The van der Waals surface area contributed by atoms with Crippen molar-refractivity contribution >= 4 is 27.3 Å². The van der Waals surface area contributed by atoms with Crippen LogP contribution in [0.1, 0.15) is 41.4 Å². The molecule has 0 aromatic heterocycles. The Morgan fingerprint density at radius 3 is 2.36 bits per heavy atom. The van der Waals surface area contributed by atoms with E-state index in [1.807, 2.05) is 0 Å². The number of rotatable bonds is 5. The van der Waals surface area contributed by atoms with Crippen molar-refractivity contribution in [1.82, 2.24) is 4.90 Å². The van der Waals surface area contributed by atoms with Crippen LogP contribution in [0.3, 0.4) is 0 Å². The topological polar surface area (TPSA) is 54.5 Å². The number of alkyl halides is 3. The summed E-state index contributed by atoms with van der Waals surface area (Å²) in [5, 5.41) is 0.0621. The maximum absolute atomic E-state index is 13.0. The standard InChI is InChI=1S/C19H19ClF3NO3S/c1-4-24(12(2)13-6-5-7-14(10-13)19(21,22)23)18(25)16-11-15(28(3,26)27)8-9-17(16)20/h5-12H,4H2,1-3H3. The van der Waals surface area contributed by atoms with Crippen molar-refractivity contribution in [2.45, 2.75) is 31.0 Å². The molecule has 0 aliphatic rings. The largest absolute Gasteiger partial charge is 0.416 e. The number of nitrogens with zero attached hydrogens (tertiary/aromatic N) is 1. The van der Waals surface area contributed by atoms with Gasteiger partial charge >= 0.3 is 6.18 Å². The number of sulfone groups is 1. The molecule has 152 valence electrons. The van der Waals surface area contributed by atoms with Gasteiger partial charge in [0.25, 0.3) is 5.91 Å². The summed E-state index contributed by atoms with van der Waals surface area (Å²) in [6.45, 7) is 3.47. The first-order valence-electron chi connectivity index (χ1n) is 8.34. The van der Waals surface area contributed by atoms with Gasteiger partial charge in [0.1, 0.15) is 0 Å². The lowest BCUT2D eigenvalue weighted by Crippen LogP contribution is -2.33. The first kappa shape index (κ1) is 22.2. The molecule has 0 saturated carbocycles. The number of amides is 1. The maximum atomic E-state index is 13.0. The Morgan fingerprint density at radius 2 is 1.82 bits per heavy atom. The van der Waals surface area contributed by atoms with E-state index in [1.54, 1.807) is 13.8 Å². The van der Waals surface area contributed by atoms with E-state index in [2.05, 4.69) is 0 Å². The van der Waals surface area contributed by atoms with Crippen LogP contribution in [-0.4, -0.2) is 32.0 Å². The van der Waals surface area contributed by atoms with Gasteiger partial charge in [-0.2, -0.15) is 13.2 Å². The Hall–Kier alpha value is -2.06. The van der Waals surface area contributed by atoms with Gasteiger partial charge in [0, 0.05) is 12.8 Å². The van der Waals surface area contributed by atoms with Gasteiger partial charge in [0.05, 0.1) is 27.1 Å². The fraction of sp³-hybridized carbons (Fsp3) is 0.316. The van der Waals surface area contributed by atoms with E-state index in [1.165, 1.54) is 35.2 Å². The molecule has 2 rings (SSSR count). The third kappa shape index (κ3) is 4.86. The highest BCUT2D eigenvalue weighted by Crippen LogP contribution is 2.32. The zero-order chi connectivity index (χ0) is 21.3. The minimum absolute atomic E-state index is 0.0229. The second-order valence-corrected chi connectivity index (χ2v) is 8.73. The maximum Gasteiger partial charge on any atom is 0.416 e. The van der Waals surface area contributed by atoms with Crippen LogP contribution in [-0.2, 0) is 16.0 Å². The normalized spacial score (nSPS) is 13.2. The van der Waals surface area contributed by atoms with Gasteiger partial charge in [0.2, 0.25) is 0 Å². The molecule has 1 atom stereocenters. The summed E-state index contributed by atoms with van der Waals surface area (Å²) >= 11 is 6.09. The molecule has 2 aromatic rings. The van der Waals surface area contributed by atoms with Crippen LogP contribution in [0.25, 0.3) is 0 Å². The van der Waals surface area contributed by atoms with Crippen molar-refractivity contribution < 1.29 is 26.4 Å². The van der Waals surface area contributed by atoms with Crippen LogP contribution in [0.5, 0.6) is 0 Å². The molecule has 28 heavy (non-hydrogen) atoms. The highest BCUT2D eigenvalue weighted by molar-refractivity contribution is 7.90. The first-order chi connectivity index (χ1) is 12.9.